The minimum Gasteiger partial charge on any atom is -0.299 e. The largest absolute Gasteiger partial charge is 0.299 e. The average molecular weight is 326 g/mol. The molecule has 0 aliphatic carbocycles. The number of hydrazine groups is 1. The minimum atomic E-state index is 0.442. The van der Waals surface area contributed by atoms with Gasteiger partial charge in [-0.25, -0.2) is 5.01 Å². The molecule has 3 heteroatoms. The first-order valence-corrected chi connectivity index (χ1v) is 10.6. The van der Waals surface area contributed by atoms with Gasteiger partial charge in [0.05, 0.1) is 6.17 Å². The summed E-state index contributed by atoms with van der Waals surface area (Å²) >= 11 is 0. The first-order chi connectivity index (χ1) is 11.3. The quantitative estimate of drug-likeness (QED) is 0.297. The summed E-state index contributed by atoms with van der Waals surface area (Å²) in [7, 11) is 0. The molecule has 1 aliphatic rings. The van der Waals surface area contributed by atoms with Crippen LogP contribution in [0.5, 0.6) is 0 Å². The zero-order chi connectivity index (χ0) is 16.6. The maximum Gasteiger partial charge on any atom is 0.0731 e. The molecule has 1 saturated heterocycles. The molecule has 0 aromatic rings. The maximum absolute atomic E-state index is 5.91. The van der Waals surface area contributed by atoms with Crippen molar-refractivity contribution in [2.24, 2.45) is 5.84 Å². The molecule has 0 saturated carbocycles. The Hall–Kier alpha value is -0.120. The highest BCUT2D eigenvalue weighted by Gasteiger charge is 2.19. The molecule has 1 aliphatic heterocycles. The number of hydrogen-bond donors (Lipinski definition) is 2. The first-order valence-electron chi connectivity index (χ1n) is 10.6. The topological polar surface area (TPSA) is 41.3 Å². The van der Waals surface area contributed by atoms with E-state index in [-0.39, 0.29) is 0 Å². The predicted molar refractivity (Wildman–Crippen MR) is 102 cm³/mol. The van der Waals surface area contributed by atoms with Gasteiger partial charge in [0.1, 0.15) is 0 Å². The van der Waals surface area contributed by atoms with Crippen LogP contribution in [-0.4, -0.2) is 24.3 Å². The van der Waals surface area contributed by atoms with Crippen molar-refractivity contribution in [2.45, 2.75) is 116 Å². The fraction of sp³-hybridized carbons (Fsp3) is 1.00. The van der Waals surface area contributed by atoms with Gasteiger partial charge in [0.2, 0.25) is 0 Å². The molecule has 1 rings (SSSR count). The Labute approximate surface area is 145 Å². The fourth-order valence-corrected chi connectivity index (χ4v) is 3.61. The van der Waals surface area contributed by atoms with E-state index < -0.39 is 0 Å². The van der Waals surface area contributed by atoms with Crippen LogP contribution in [0.4, 0.5) is 0 Å². The summed E-state index contributed by atoms with van der Waals surface area (Å²) in [6, 6.07) is 0. The lowest BCUT2D eigenvalue weighted by atomic mass is 10.0. The number of nitrogens with one attached hydrogen (secondary N) is 1. The lowest BCUT2D eigenvalue weighted by Crippen LogP contribution is -2.40. The van der Waals surface area contributed by atoms with Crippen molar-refractivity contribution in [1.82, 2.24) is 10.3 Å². The van der Waals surface area contributed by atoms with E-state index in [0.717, 1.165) is 13.1 Å². The van der Waals surface area contributed by atoms with Crippen molar-refractivity contribution < 1.29 is 0 Å². The van der Waals surface area contributed by atoms with Gasteiger partial charge in [-0.1, -0.05) is 103 Å². The number of nitrogens with zero attached hydrogens (tertiary/aromatic N) is 1. The van der Waals surface area contributed by atoms with E-state index in [1.807, 2.05) is 5.01 Å². The van der Waals surface area contributed by atoms with Crippen LogP contribution < -0.4 is 11.2 Å². The minimum absolute atomic E-state index is 0.442. The van der Waals surface area contributed by atoms with Crippen LogP contribution in [0, 0.1) is 0 Å². The zero-order valence-electron chi connectivity index (χ0n) is 15.8. The number of hydrogen-bond acceptors (Lipinski definition) is 3. The van der Waals surface area contributed by atoms with Crippen molar-refractivity contribution in [2.75, 3.05) is 13.1 Å². The van der Waals surface area contributed by atoms with Crippen LogP contribution in [0.2, 0.25) is 0 Å². The molecule has 1 atom stereocenters. The highest BCUT2D eigenvalue weighted by Crippen LogP contribution is 2.14. The van der Waals surface area contributed by atoms with Gasteiger partial charge in [-0.3, -0.25) is 11.2 Å². The van der Waals surface area contributed by atoms with Gasteiger partial charge in [-0.05, 0) is 6.42 Å². The molecule has 0 aromatic carbocycles. The summed E-state index contributed by atoms with van der Waals surface area (Å²) < 4.78 is 0. The third-order valence-electron chi connectivity index (χ3n) is 5.23. The molecule has 1 fully saturated rings. The highest BCUT2D eigenvalue weighted by atomic mass is 15.5. The fourth-order valence-electron chi connectivity index (χ4n) is 3.61. The van der Waals surface area contributed by atoms with Gasteiger partial charge < -0.3 is 0 Å². The van der Waals surface area contributed by atoms with Gasteiger partial charge >= 0.3 is 0 Å². The van der Waals surface area contributed by atoms with E-state index in [2.05, 4.69) is 12.2 Å². The number of rotatable bonds is 16. The second kappa shape index (κ2) is 15.4. The predicted octanol–water partition coefficient (Wildman–Crippen LogP) is 5.35. The van der Waals surface area contributed by atoms with E-state index in [1.54, 1.807) is 0 Å². The van der Waals surface area contributed by atoms with Gasteiger partial charge in [0.25, 0.3) is 0 Å². The average Bonchev–Trinajstić information content (AvgIpc) is 2.96. The lowest BCUT2D eigenvalue weighted by Gasteiger charge is -2.18. The SMILES string of the molecule is CCCCCCCCCCCCCCCCCC1NCCN1N. The third kappa shape index (κ3) is 12.0. The summed E-state index contributed by atoms with van der Waals surface area (Å²) in [5.41, 5.74) is 0. The van der Waals surface area contributed by atoms with E-state index in [9.17, 15) is 0 Å². The molecule has 3 nitrogen and oxygen atoms in total. The van der Waals surface area contributed by atoms with E-state index in [0.29, 0.717) is 6.17 Å². The van der Waals surface area contributed by atoms with Crippen LogP contribution in [0.25, 0.3) is 0 Å². The maximum atomic E-state index is 5.91. The molecular weight excluding hydrogens is 282 g/mol. The number of nitrogens with two attached hydrogens (primary N) is 1. The molecule has 3 N–H and O–H groups in total. The summed E-state index contributed by atoms with van der Waals surface area (Å²) in [4.78, 5) is 0. The van der Waals surface area contributed by atoms with Crippen molar-refractivity contribution in [3.8, 4) is 0 Å². The molecule has 0 amide bonds. The first kappa shape index (κ1) is 20.9. The Balaban J connectivity index is 1.68. The van der Waals surface area contributed by atoms with Crippen molar-refractivity contribution in [3.63, 3.8) is 0 Å². The molecule has 0 spiro atoms. The van der Waals surface area contributed by atoms with E-state index in [1.165, 1.54) is 103 Å². The van der Waals surface area contributed by atoms with Crippen molar-refractivity contribution in [3.05, 3.63) is 0 Å². The number of unbranched alkanes of at least 4 members (excludes halogenated alkanes) is 14. The molecule has 0 bridgehead atoms. The molecule has 23 heavy (non-hydrogen) atoms. The molecule has 0 aromatic heterocycles. The van der Waals surface area contributed by atoms with Gasteiger partial charge in [-0.15, -0.1) is 0 Å². The Morgan fingerprint density at radius 2 is 1.17 bits per heavy atom. The van der Waals surface area contributed by atoms with E-state index >= 15 is 0 Å². The Morgan fingerprint density at radius 1 is 0.739 bits per heavy atom. The van der Waals surface area contributed by atoms with Crippen LogP contribution in [0.3, 0.4) is 0 Å². The molecule has 1 heterocycles. The second-order valence-electron chi connectivity index (χ2n) is 7.45. The van der Waals surface area contributed by atoms with Crippen LogP contribution in [0.1, 0.15) is 110 Å². The monoisotopic (exact) mass is 325 g/mol. The van der Waals surface area contributed by atoms with Gasteiger partial charge in [0, 0.05) is 13.1 Å². The van der Waals surface area contributed by atoms with E-state index in [4.69, 9.17) is 5.84 Å². The molecular formula is C20H43N3. The summed E-state index contributed by atoms with van der Waals surface area (Å²) in [5.74, 6) is 5.91. The molecule has 138 valence electrons. The third-order valence-corrected chi connectivity index (χ3v) is 5.23. The molecule has 1 unspecified atom stereocenters. The van der Waals surface area contributed by atoms with Crippen molar-refractivity contribution >= 4 is 0 Å². The van der Waals surface area contributed by atoms with Gasteiger partial charge in [0.15, 0.2) is 0 Å². The zero-order valence-corrected chi connectivity index (χ0v) is 15.8. The summed E-state index contributed by atoms with van der Waals surface area (Å²) in [6.07, 6.45) is 23.2. The molecule has 0 radical (unpaired) electrons. The Morgan fingerprint density at radius 3 is 1.57 bits per heavy atom. The van der Waals surface area contributed by atoms with Crippen molar-refractivity contribution in [1.29, 1.82) is 0 Å². The van der Waals surface area contributed by atoms with Crippen LogP contribution in [-0.2, 0) is 0 Å². The van der Waals surface area contributed by atoms with Crippen LogP contribution in [0.15, 0.2) is 0 Å². The van der Waals surface area contributed by atoms with Crippen LogP contribution >= 0.6 is 0 Å². The highest BCUT2D eigenvalue weighted by molar-refractivity contribution is 4.73. The Kier molecular flexibility index (Phi) is 14.0. The van der Waals surface area contributed by atoms with Gasteiger partial charge in [-0.2, -0.15) is 0 Å². The summed E-state index contributed by atoms with van der Waals surface area (Å²) in [5, 5.41) is 5.42. The second-order valence-corrected chi connectivity index (χ2v) is 7.45. The Bertz CT molecular complexity index is 245. The smallest absolute Gasteiger partial charge is 0.0731 e. The lowest BCUT2D eigenvalue weighted by molar-refractivity contribution is 0.231. The normalized spacial score (nSPS) is 18.8. The summed E-state index contributed by atoms with van der Waals surface area (Å²) in [6.45, 7) is 4.35. The standard InChI is InChI=1S/C20H43N3/c1-2-3-4-5-6-7-8-9-10-11-12-13-14-15-16-17-20-22-18-19-23(20)21/h20,22H,2-19,21H2,1H3.